The molecular weight excluding hydrogens is 375 g/mol. The molecule has 3 aromatic heterocycles. The van der Waals surface area contributed by atoms with E-state index in [1.165, 1.54) is 30.6 Å². The van der Waals surface area contributed by atoms with E-state index >= 15 is 0 Å². The van der Waals surface area contributed by atoms with Crippen molar-refractivity contribution in [1.82, 2.24) is 24.7 Å². The monoisotopic (exact) mass is 392 g/mol. The van der Waals surface area contributed by atoms with Crippen LogP contribution in [-0.4, -0.2) is 30.6 Å². The van der Waals surface area contributed by atoms with Crippen LogP contribution in [0.15, 0.2) is 59.6 Å². The first-order valence-electron chi connectivity index (χ1n) is 8.91. The topological polar surface area (TPSA) is 98.7 Å². The number of nitrogens with one attached hydrogen (secondary N) is 1. The molecule has 0 unspecified atom stereocenters. The van der Waals surface area contributed by atoms with Gasteiger partial charge in [0.15, 0.2) is 5.82 Å². The van der Waals surface area contributed by atoms with Gasteiger partial charge in [-0.1, -0.05) is 19.0 Å². The number of hydrogen-bond acceptors (Lipinski definition) is 6. The lowest BCUT2D eigenvalue weighted by atomic mass is 10.2. The third-order valence-corrected chi connectivity index (χ3v) is 4.13. The predicted octanol–water partition coefficient (Wildman–Crippen LogP) is 3.83. The van der Waals surface area contributed by atoms with Crippen molar-refractivity contribution in [2.24, 2.45) is 0 Å². The summed E-state index contributed by atoms with van der Waals surface area (Å²) in [6.07, 6.45) is 4.67. The van der Waals surface area contributed by atoms with E-state index in [1.54, 1.807) is 29.1 Å². The van der Waals surface area contributed by atoms with Gasteiger partial charge in [0.25, 0.3) is 11.8 Å². The second-order valence-corrected chi connectivity index (χ2v) is 6.64. The predicted molar refractivity (Wildman–Crippen MR) is 103 cm³/mol. The summed E-state index contributed by atoms with van der Waals surface area (Å²) in [6.45, 7) is 3.97. The molecule has 1 amide bonds. The highest BCUT2D eigenvalue weighted by Crippen LogP contribution is 2.20. The Labute approximate surface area is 165 Å². The number of carbonyl (C=O) groups excluding carboxylic acids is 1. The van der Waals surface area contributed by atoms with E-state index < -0.39 is 5.91 Å². The molecule has 0 aliphatic rings. The molecule has 0 aliphatic carbocycles. The summed E-state index contributed by atoms with van der Waals surface area (Å²) in [5, 5.41) is 6.60. The summed E-state index contributed by atoms with van der Waals surface area (Å²) in [4.78, 5) is 25.1. The smallest absolute Gasteiger partial charge is 0.275 e. The van der Waals surface area contributed by atoms with E-state index in [-0.39, 0.29) is 17.4 Å². The van der Waals surface area contributed by atoms with Crippen LogP contribution in [0.3, 0.4) is 0 Å². The van der Waals surface area contributed by atoms with Crippen LogP contribution in [0.5, 0.6) is 0 Å². The molecule has 0 fully saturated rings. The van der Waals surface area contributed by atoms with E-state index in [0.717, 1.165) is 0 Å². The van der Waals surface area contributed by atoms with Gasteiger partial charge in [-0.2, -0.15) is 4.98 Å². The Morgan fingerprint density at radius 2 is 1.93 bits per heavy atom. The molecule has 29 heavy (non-hydrogen) atoms. The van der Waals surface area contributed by atoms with Crippen LogP contribution in [0.4, 0.5) is 10.1 Å². The Kier molecular flexibility index (Phi) is 4.86. The summed E-state index contributed by atoms with van der Waals surface area (Å²) in [5.74, 6) is 1.01. The first kappa shape index (κ1) is 18.5. The lowest BCUT2D eigenvalue weighted by Gasteiger charge is -2.03. The largest absolute Gasteiger partial charge is 0.334 e. The lowest BCUT2D eigenvalue weighted by molar-refractivity contribution is 0.102. The van der Waals surface area contributed by atoms with Gasteiger partial charge in [-0.15, -0.1) is 0 Å². The number of nitrogens with zero attached hydrogens (tertiary/aromatic N) is 5. The second kappa shape index (κ2) is 7.63. The zero-order chi connectivity index (χ0) is 20.4. The van der Waals surface area contributed by atoms with Crippen molar-refractivity contribution in [3.05, 3.63) is 72.5 Å². The molecule has 0 aliphatic heterocycles. The van der Waals surface area contributed by atoms with E-state index in [2.05, 4.69) is 25.4 Å². The number of halogens is 1. The molecule has 1 aromatic carbocycles. The lowest BCUT2D eigenvalue weighted by Crippen LogP contribution is -2.12. The number of aromatic nitrogens is 5. The van der Waals surface area contributed by atoms with Gasteiger partial charge in [-0.25, -0.2) is 14.4 Å². The highest BCUT2D eigenvalue weighted by molar-refractivity contribution is 6.02. The summed E-state index contributed by atoms with van der Waals surface area (Å²) < 4.78 is 19.8. The molecule has 0 bridgehead atoms. The maximum Gasteiger partial charge on any atom is 0.275 e. The maximum absolute atomic E-state index is 13.0. The van der Waals surface area contributed by atoms with Crippen LogP contribution in [0.25, 0.3) is 17.3 Å². The van der Waals surface area contributed by atoms with Gasteiger partial charge in [0, 0.05) is 24.0 Å². The number of benzene rings is 1. The quantitative estimate of drug-likeness (QED) is 0.554. The molecule has 4 aromatic rings. The summed E-state index contributed by atoms with van der Waals surface area (Å²) in [5.41, 5.74) is 1.38. The van der Waals surface area contributed by atoms with Crippen molar-refractivity contribution < 1.29 is 13.7 Å². The Bertz CT molecular complexity index is 1130. The molecule has 9 heteroatoms. The molecular formula is C20H17FN6O2. The number of rotatable bonds is 5. The Hall–Kier alpha value is -3.88. The fourth-order valence-electron chi connectivity index (χ4n) is 2.55. The van der Waals surface area contributed by atoms with Gasteiger partial charge in [0.05, 0.1) is 5.56 Å². The average molecular weight is 392 g/mol. The zero-order valence-corrected chi connectivity index (χ0v) is 15.7. The zero-order valence-electron chi connectivity index (χ0n) is 15.7. The molecule has 1 N–H and O–H groups in total. The van der Waals surface area contributed by atoms with Crippen LogP contribution in [0.1, 0.15) is 36.1 Å². The molecule has 0 saturated heterocycles. The van der Waals surface area contributed by atoms with E-state index in [9.17, 15) is 9.18 Å². The number of carbonyl (C=O) groups is 1. The van der Waals surface area contributed by atoms with E-state index in [1.807, 2.05) is 13.8 Å². The van der Waals surface area contributed by atoms with Crippen LogP contribution in [-0.2, 0) is 0 Å². The number of hydrogen-bond donors (Lipinski definition) is 1. The SMILES string of the molecule is CC(C)c1noc(-c2ccc(-n3cnc(C(=O)Nc4ccc(F)cc4)c3)nc2)n1. The first-order chi connectivity index (χ1) is 14.0. The van der Waals surface area contributed by atoms with Crippen molar-refractivity contribution in [2.75, 3.05) is 5.32 Å². The van der Waals surface area contributed by atoms with Crippen LogP contribution < -0.4 is 5.32 Å². The Morgan fingerprint density at radius 1 is 1.14 bits per heavy atom. The fourth-order valence-corrected chi connectivity index (χ4v) is 2.55. The molecule has 0 spiro atoms. The van der Waals surface area contributed by atoms with Crippen molar-refractivity contribution in [3.8, 4) is 17.3 Å². The maximum atomic E-state index is 13.0. The van der Waals surface area contributed by atoms with Crippen LogP contribution in [0.2, 0.25) is 0 Å². The van der Waals surface area contributed by atoms with Gasteiger partial charge < -0.3 is 9.84 Å². The minimum Gasteiger partial charge on any atom is -0.334 e. The van der Waals surface area contributed by atoms with Crippen molar-refractivity contribution in [3.63, 3.8) is 0 Å². The average Bonchev–Trinajstić information content (AvgIpc) is 3.40. The molecule has 4 rings (SSSR count). The minimum absolute atomic E-state index is 0.171. The third-order valence-electron chi connectivity index (χ3n) is 4.13. The van der Waals surface area contributed by atoms with Gasteiger partial charge in [-0.05, 0) is 36.4 Å². The number of amides is 1. The molecule has 8 nitrogen and oxygen atoms in total. The first-order valence-corrected chi connectivity index (χ1v) is 8.91. The Balaban J connectivity index is 1.48. The van der Waals surface area contributed by atoms with Crippen LogP contribution in [0, 0.1) is 5.82 Å². The second-order valence-electron chi connectivity index (χ2n) is 6.64. The summed E-state index contributed by atoms with van der Waals surface area (Å²) in [6, 6.07) is 9.07. The molecule has 0 atom stereocenters. The van der Waals surface area contributed by atoms with Crippen molar-refractivity contribution in [1.29, 1.82) is 0 Å². The normalized spacial score (nSPS) is 11.0. The summed E-state index contributed by atoms with van der Waals surface area (Å²) in [7, 11) is 0. The molecule has 3 heterocycles. The number of pyridine rings is 1. The fraction of sp³-hybridized carbons (Fsp3) is 0.150. The molecule has 0 saturated carbocycles. The molecule has 0 radical (unpaired) electrons. The van der Waals surface area contributed by atoms with Crippen molar-refractivity contribution >= 4 is 11.6 Å². The molecule has 146 valence electrons. The van der Waals surface area contributed by atoms with Gasteiger partial charge >= 0.3 is 0 Å². The minimum atomic E-state index is -0.404. The van der Waals surface area contributed by atoms with Gasteiger partial charge in [0.1, 0.15) is 23.7 Å². The third kappa shape index (κ3) is 4.03. The Morgan fingerprint density at radius 3 is 2.59 bits per heavy atom. The summed E-state index contributed by atoms with van der Waals surface area (Å²) >= 11 is 0. The number of imidazole rings is 1. The van der Waals surface area contributed by atoms with Gasteiger partial charge in [-0.3, -0.25) is 9.36 Å². The van der Waals surface area contributed by atoms with E-state index in [4.69, 9.17) is 4.52 Å². The van der Waals surface area contributed by atoms with Gasteiger partial charge in [0.2, 0.25) is 0 Å². The standard InChI is InChI=1S/C20H17FN6O2/c1-12(2)18-25-20(29-26-18)13-3-8-17(22-9-13)27-10-16(23-11-27)19(28)24-15-6-4-14(21)5-7-15/h3-12H,1-2H3,(H,24,28). The highest BCUT2D eigenvalue weighted by Gasteiger charge is 2.13. The van der Waals surface area contributed by atoms with Crippen LogP contribution >= 0.6 is 0 Å². The van der Waals surface area contributed by atoms with Crippen molar-refractivity contribution in [2.45, 2.75) is 19.8 Å². The highest BCUT2D eigenvalue weighted by atomic mass is 19.1. The van der Waals surface area contributed by atoms with E-state index in [0.29, 0.717) is 28.8 Å². The number of anilines is 1.